The van der Waals surface area contributed by atoms with Crippen LogP contribution in [0.25, 0.3) is 33.5 Å². The molecular formula is C30H23Br2ClN4O6. The van der Waals surface area contributed by atoms with Crippen LogP contribution in [-0.2, 0) is 9.53 Å². The van der Waals surface area contributed by atoms with E-state index in [1.165, 1.54) is 18.0 Å². The average Bonchev–Trinajstić information content (AvgIpc) is 3.45. The first-order valence-corrected chi connectivity index (χ1v) is 15.1. The van der Waals surface area contributed by atoms with Crippen molar-refractivity contribution in [2.24, 2.45) is 5.10 Å². The summed E-state index contributed by atoms with van der Waals surface area (Å²) in [7, 11) is 1.47. The second kappa shape index (κ2) is 12.5. The molecule has 0 radical (unpaired) electrons. The van der Waals surface area contributed by atoms with Gasteiger partial charge in [0.2, 0.25) is 5.82 Å². The van der Waals surface area contributed by atoms with E-state index in [-0.39, 0.29) is 40.4 Å². The van der Waals surface area contributed by atoms with Gasteiger partial charge in [0.25, 0.3) is 11.5 Å². The van der Waals surface area contributed by atoms with Gasteiger partial charge in [0.15, 0.2) is 23.9 Å². The van der Waals surface area contributed by atoms with Gasteiger partial charge in [-0.1, -0.05) is 39.7 Å². The van der Waals surface area contributed by atoms with Crippen molar-refractivity contribution in [3.05, 3.63) is 84.5 Å². The lowest BCUT2D eigenvalue weighted by Gasteiger charge is -2.27. The number of fused-ring (bicyclic) bond motifs is 2. The first kappa shape index (κ1) is 29.4. The van der Waals surface area contributed by atoms with Crippen molar-refractivity contribution in [2.45, 2.75) is 0 Å². The number of hydrogen-bond acceptors (Lipinski definition) is 8. The Morgan fingerprint density at radius 3 is 2.72 bits per heavy atom. The number of hydrogen-bond donors (Lipinski definition) is 0. The number of nitrogens with zero attached hydrogens (tertiary/aromatic N) is 4. The van der Waals surface area contributed by atoms with E-state index in [1.54, 1.807) is 29.2 Å². The SMILES string of the molecule is COc1cc(C=Nn2c(-c3cc4cc(Br)ccc4o3)nc3ccccc3c2=O)c(Br)c(Cl)c1OCC(=O)N1CCOCC1. The van der Waals surface area contributed by atoms with Crippen LogP contribution in [0.4, 0.5) is 0 Å². The average molecular weight is 731 g/mol. The van der Waals surface area contributed by atoms with Gasteiger partial charge in [0.1, 0.15) is 10.6 Å². The molecule has 1 aliphatic heterocycles. The number of halogens is 3. The Morgan fingerprint density at radius 2 is 1.93 bits per heavy atom. The Balaban J connectivity index is 1.38. The number of amides is 1. The summed E-state index contributed by atoms with van der Waals surface area (Å²) in [6.45, 7) is 1.76. The summed E-state index contributed by atoms with van der Waals surface area (Å²) in [6, 6.07) is 16.1. The highest BCUT2D eigenvalue weighted by Crippen LogP contribution is 2.42. The number of carbonyl (C=O) groups is 1. The minimum atomic E-state index is -0.380. The van der Waals surface area contributed by atoms with Gasteiger partial charge >= 0.3 is 0 Å². The van der Waals surface area contributed by atoms with E-state index in [4.69, 9.17) is 35.2 Å². The Bertz CT molecular complexity index is 1950. The largest absolute Gasteiger partial charge is 0.493 e. The second-order valence-corrected chi connectivity index (χ2v) is 11.6. The molecule has 3 aromatic carbocycles. The lowest BCUT2D eigenvalue weighted by molar-refractivity contribution is -0.137. The van der Waals surface area contributed by atoms with Crippen molar-refractivity contribution in [2.75, 3.05) is 40.0 Å². The van der Waals surface area contributed by atoms with Crippen molar-refractivity contribution in [3.63, 3.8) is 0 Å². The molecule has 0 atom stereocenters. The third-order valence-electron chi connectivity index (χ3n) is 6.84. The second-order valence-electron chi connectivity index (χ2n) is 9.51. The van der Waals surface area contributed by atoms with Gasteiger partial charge in [-0.2, -0.15) is 9.78 Å². The van der Waals surface area contributed by atoms with Crippen LogP contribution in [0.1, 0.15) is 5.56 Å². The molecule has 1 fully saturated rings. The fraction of sp³-hybridized carbons (Fsp3) is 0.200. The Hall–Kier alpha value is -3.71. The molecule has 0 unspecified atom stereocenters. The third-order valence-corrected chi connectivity index (χ3v) is 8.78. The summed E-state index contributed by atoms with van der Waals surface area (Å²) in [5.41, 5.74) is 1.26. The van der Waals surface area contributed by atoms with Crippen molar-refractivity contribution in [1.29, 1.82) is 0 Å². The molecule has 1 aliphatic rings. The molecule has 6 rings (SSSR count). The summed E-state index contributed by atoms with van der Waals surface area (Å²) in [4.78, 5) is 32.7. The fourth-order valence-corrected chi connectivity index (χ4v) is 5.69. The number of furan rings is 1. The molecule has 3 heterocycles. The predicted octanol–water partition coefficient (Wildman–Crippen LogP) is 6.12. The van der Waals surface area contributed by atoms with Crippen molar-refractivity contribution < 1.29 is 23.4 Å². The molecule has 5 aromatic rings. The van der Waals surface area contributed by atoms with Gasteiger partial charge in [-0.3, -0.25) is 9.59 Å². The van der Waals surface area contributed by atoms with E-state index in [1.807, 2.05) is 30.3 Å². The first-order chi connectivity index (χ1) is 20.8. The van der Waals surface area contributed by atoms with Gasteiger partial charge in [-0.05, 0) is 58.4 Å². The first-order valence-electron chi connectivity index (χ1n) is 13.1. The van der Waals surface area contributed by atoms with Crippen LogP contribution in [0.15, 0.2) is 77.9 Å². The standard InChI is InChI=1S/C30H23Br2ClN4O6/c1-40-23-14-18(26(32)27(33)28(23)42-16-25(38)36-8-10-41-11-9-36)15-34-37-29(35-21-5-3-2-4-20(21)30(37)39)24-13-17-12-19(31)6-7-22(17)43-24/h2-7,12-15H,8-11,16H2,1H3. The topological polar surface area (TPSA) is 108 Å². The molecule has 0 bridgehead atoms. The number of carbonyl (C=O) groups excluding carboxylic acids is 1. The molecule has 0 saturated carbocycles. The summed E-state index contributed by atoms with van der Waals surface area (Å²) in [5.74, 6) is 0.904. The maximum Gasteiger partial charge on any atom is 0.282 e. The summed E-state index contributed by atoms with van der Waals surface area (Å²) >= 11 is 13.7. The smallest absolute Gasteiger partial charge is 0.282 e. The van der Waals surface area contributed by atoms with Gasteiger partial charge in [0, 0.05) is 33.0 Å². The highest BCUT2D eigenvalue weighted by atomic mass is 79.9. The number of ether oxygens (including phenoxy) is 3. The van der Waals surface area contributed by atoms with Gasteiger partial charge in [0.05, 0.1) is 37.4 Å². The molecule has 1 saturated heterocycles. The van der Waals surface area contributed by atoms with E-state index >= 15 is 0 Å². The molecule has 0 N–H and O–H groups in total. The molecule has 0 aliphatic carbocycles. The quantitative estimate of drug-likeness (QED) is 0.186. The Morgan fingerprint density at radius 1 is 1.14 bits per heavy atom. The highest BCUT2D eigenvalue weighted by molar-refractivity contribution is 9.10. The monoisotopic (exact) mass is 728 g/mol. The Labute approximate surface area is 267 Å². The van der Waals surface area contributed by atoms with E-state index < -0.39 is 0 Å². The summed E-state index contributed by atoms with van der Waals surface area (Å²) in [5, 5.41) is 5.94. The van der Waals surface area contributed by atoms with Crippen LogP contribution in [-0.4, -0.2) is 66.7 Å². The number of para-hydroxylation sites is 1. The zero-order valence-electron chi connectivity index (χ0n) is 22.7. The summed E-state index contributed by atoms with van der Waals surface area (Å²) in [6.07, 6.45) is 1.46. The number of benzene rings is 3. The molecule has 1 amide bonds. The number of aromatic nitrogens is 2. The highest BCUT2D eigenvalue weighted by Gasteiger charge is 2.22. The molecule has 220 valence electrons. The van der Waals surface area contributed by atoms with Gasteiger partial charge in [-0.15, -0.1) is 0 Å². The molecule has 13 heteroatoms. The van der Waals surface area contributed by atoms with E-state index in [9.17, 15) is 9.59 Å². The zero-order chi connectivity index (χ0) is 30.1. The van der Waals surface area contributed by atoms with E-state index in [0.29, 0.717) is 58.6 Å². The predicted molar refractivity (Wildman–Crippen MR) is 171 cm³/mol. The molecule has 10 nitrogen and oxygen atoms in total. The molecule has 2 aromatic heterocycles. The number of morpholine rings is 1. The van der Waals surface area contributed by atoms with Crippen LogP contribution < -0.4 is 15.0 Å². The Kier molecular flexibility index (Phi) is 8.53. The third kappa shape index (κ3) is 5.92. The van der Waals surface area contributed by atoms with Crippen LogP contribution in [0.5, 0.6) is 11.5 Å². The van der Waals surface area contributed by atoms with Crippen molar-refractivity contribution in [1.82, 2.24) is 14.6 Å². The number of methoxy groups -OCH3 is 1. The lowest BCUT2D eigenvalue weighted by atomic mass is 10.2. The molecule has 0 spiro atoms. The van der Waals surface area contributed by atoms with Gasteiger partial charge < -0.3 is 23.5 Å². The molecular weight excluding hydrogens is 708 g/mol. The van der Waals surface area contributed by atoms with Crippen LogP contribution in [0, 0.1) is 0 Å². The van der Waals surface area contributed by atoms with E-state index in [0.717, 1.165) is 9.86 Å². The normalized spacial score (nSPS) is 13.7. The van der Waals surface area contributed by atoms with Crippen LogP contribution >= 0.6 is 43.5 Å². The van der Waals surface area contributed by atoms with Crippen LogP contribution in [0.3, 0.4) is 0 Å². The van der Waals surface area contributed by atoms with Crippen LogP contribution in [0.2, 0.25) is 5.02 Å². The van der Waals surface area contributed by atoms with Crippen molar-refractivity contribution >= 4 is 77.5 Å². The maximum atomic E-state index is 13.7. The van der Waals surface area contributed by atoms with E-state index in [2.05, 4.69) is 37.0 Å². The minimum absolute atomic E-state index is 0.183. The number of rotatable bonds is 7. The summed E-state index contributed by atoms with van der Waals surface area (Å²) < 4.78 is 25.2. The maximum absolute atomic E-state index is 13.7. The van der Waals surface area contributed by atoms with Gasteiger partial charge in [-0.25, -0.2) is 4.98 Å². The fourth-order valence-electron chi connectivity index (χ4n) is 4.66. The molecule has 43 heavy (non-hydrogen) atoms. The lowest BCUT2D eigenvalue weighted by Crippen LogP contribution is -2.43. The minimum Gasteiger partial charge on any atom is -0.493 e. The zero-order valence-corrected chi connectivity index (χ0v) is 26.6. The van der Waals surface area contributed by atoms with Crippen molar-refractivity contribution in [3.8, 4) is 23.1 Å².